The monoisotopic (exact) mass is 414 g/mol. The van der Waals surface area contributed by atoms with Crippen LogP contribution in [0, 0.1) is 25.2 Å². The van der Waals surface area contributed by atoms with Crippen molar-refractivity contribution in [3.05, 3.63) is 57.1 Å². The standard InChI is InChI=1S/C20H19BrN2O3/c1-4-26-17-10-14(9-16(21)19(17)24)8-15(11-22)20(25)23-18-12(2)6-5-7-13(18)3/h5-10,24H,4H2,1-3H3,(H,23,25)/b15-8-. The Morgan fingerprint density at radius 1 is 1.35 bits per heavy atom. The molecule has 0 aromatic heterocycles. The Morgan fingerprint density at radius 3 is 2.58 bits per heavy atom. The van der Waals surface area contributed by atoms with Crippen LogP contribution in [0.3, 0.4) is 0 Å². The van der Waals surface area contributed by atoms with Gasteiger partial charge in [0, 0.05) is 5.69 Å². The second-order valence-corrected chi connectivity index (χ2v) is 6.53. The molecule has 0 aliphatic heterocycles. The summed E-state index contributed by atoms with van der Waals surface area (Å²) >= 11 is 3.25. The Bertz CT molecular complexity index is 894. The van der Waals surface area contributed by atoms with Gasteiger partial charge in [-0.2, -0.15) is 5.26 Å². The zero-order valence-electron chi connectivity index (χ0n) is 14.8. The van der Waals surface area contributed by atoms with Crippen LogP contribution in [-0.2, 0) is 4.79 Å². The molecule has 134 valence electrons. The number of anilines is 1. The molecule has 0 aliphatic rings. The molecule has 2 aromatic rings. The lowest BCUT2D eigenvalue weighted by Crippen LogP contribution is -2.15. The minimum absolute atomic E-state index is 0.0255. The predicted octanol–water partition coefficient (Wildman–Crippen LogP) is 4.72. The lowest BCUT2D eigenvalue weighted by atomic mass is 10.1. The van der Waals surface area contributed by atoms with E-state index in [4.69, 9.17) is 4.74 Å². The van der Waals surface area contributed by atoms with Crippen LogP contribution in [0.1, 0.15) is 23.6 Å². The van der Waals surface area contributed by atoms with Crippen LogP contribution in [0.4, 0.5) is 5.69 Å². The molecule has 2 rings (SSSR count). The van der Waals surface area contributed by atoms with Gasteiger partial charge in [0.15, 0.2) is 11.5 Å². The molecule has 0 bridgehead atoms. The van der Waals surface area contributed by atoms with Crippen molar-refractivity contribution in [2.24, 2.45) is 0 Å². The number of nitrogens with zero attached hydrogens (tertiary/aromatic N) is 1. The molecule has 6 heteroatoms. The minimum Gasteiger partial charge on any atom is -0.503 e. The summed E-state index contributed by atoms with van der Waals surface area (Å²) in [6, 6.07) is 10.8. The third-order valence-corrected chi connectivity index (χ3v) is 4.35. The number of aryl methyl sites for hydroxylation is 2. The molecule has 0 heterocycles. The summed E-state index contributed by atoms with van der Waals surface area (Å²) < 4.78 is 5.79. The number of nitriles is 1. The van der Waals surface area contributed by atoms with E-state index in [-0.39, 0.29) is 17.1 Å². The summed E-state index contributed by atoms with van der Waals surface area (Å²) in [5.41, 5.74) is 3.04. The van der Waals surface area contributed by atoms with Crippen molar-refractivity contribution in [1.82, 2.24) is 0 Å². The van der Waals surface area contributed by atoms with Crippen molar-refractivity contribution in [3.63, 3.8) is 0 Å². The molecule has 2 N–H and O–H groups in total. The number of ether oxygens (including phenoxy) is 1. The lowest BCUT2D eigenvalue weighted by Gasteiger charge is -2.11. The Morgan fingerprint density at radius 2 is 2.00 bits per heavy atom. The number of phenols is 1. The number of benzene rings is 2. The number of carbonyl (C=O) groups is 1. The molecule has 0 unspecified atom stereocenters. The summed E-state index contributed by atoms with van der Waals surface area (Å²) in [5.74, 6) is -0.241. The quantitative estimate of drug-likeness (QED) is 0.547. The number of para-hydroxylation sites is 1. The minimum atomic E-state index is -0.493. The second-order valence-electron chi connectivity index (χ2n) is 5.67. The number of amides is 1. The van der Waals surface area contributed by atoms with Crippen LogP contribution in [0.5, 0.6) is 11.5 Å². The maximum atomic E-state index is 12.5. The van der Waals surface area contributed by atoms with E-state index in [1.807, 2.05) is 38.1 Å². The average Bonchev–Trinajstić information content (AvgIpc) is 2.60. The number of hydrogen-bond donors (Lipinski definition) is 2. The molecular weight excluding hydrogens is 396 g/mol. The van der Waals surface area contributed by atoms with E-state index >= 15 is 0 Å². The maximum absolute atomic E-state index is 12.5. The van der Waals surface area contributed by atoms with Crippen LogP contribution < -0.4 is 10.1 Å². The smallest absolute Gasteiger partial charge is 0.266 e. The van der Waals surface area contributed by atoms with Gasteiger partial charge in [0.2, 0.25) is 0 Å². The Balaban J connectivity index is 2.36. The van der Waals surface area contributed by atoms with Crippen LogP contribution in [0.2, 0.25) is 0 Å². The predicted molar refractivity (Wildman–Crippen MR) is 105 cm³/mol. The highest BCUT2D eigenvalue weighted by molar-refractivity contribution is 9.10. The highest BCUT2D eigenvalue weighted by atomic mass is 79.9. The first-order chi connectivity index (χ1) is 12.4. The third kappa shape index (κ3) is 4.44. The number of nitrogens with one attached hydrogen (secondary N) is 1. The molecule has 5 nitrogen and oxygen atoms in total. The van der Waals surface area contributed by atoms with Gasteiger partial charge in [-0.1, -0.05) is 18.2 Å². The van der Waals surface area contributed by atoms with E-state index in [9.17, 15) is 15.2 Å². The number of aromatic hydroxyl groups is 1. The highest BCUT2D eigenvalue weighted by Crippen LogP contribution is 2.36. The largest absolute Gasteiger partial charge is 0.503 e. The van der Waals surface area contributed by atoms with Crippen molar-refractivity contribution in [2.45, 2.75) is 20.8 Å². The van der Waals surface area contributed by atoms with E-state index < -0.39 is 5.91 Å². The summed E-state index contributed by atoms with van der Waals surface area (Å²) in [7, 11) is 0. The molecule has 0 saturated carbocycles. The number of halogens is 1. The van der Waals surface area contributed by atoms with E-state index in [0.29, 0.717) is 22.3 Å². The van der Waals surface area contributed by atoms with Crippen LogP contribution in [0.25, 0.3) is 6.08 Å². The van der Waals surface area contributed by atoms with Gasteiger partial charge in [-0.25, -0.2) is 0 Å². The lowest BCUT2D eigenvalue weighted by molar-refractivity contribution is -0.112. The summed E-state index contributed by atoms with van der Waals surface area (Å²) in [6.07, 6.45) is 1.45. The number of rotatable bonds is 5. The zero-order chi connectivity index (χ0) is 19.3. The van der Waals surface area contributed by atoms with Crippen molar-refractivity contribution in [3.8, 4) is 17.6 Å². The van der Waals surface area contributed by atoms with E-state index in [1.54, 1.807) is 19.1 Å². The van der Waals surface area contributed by atoms with Gasteiger partial charge < -0.3 is 15.2 Å². The second kappa shape index (κ2) is 8.54. The van der Waals surface area contributed by atoms with Crippen molar-refractivity contribution in [2.75, 3.05) is 11.9 Å². The number of carbonyl (C=O) groups excluding carboxylic acids is 1. The molecule has 0 saturated heterocycles. The van der Waals surface area contributed by atoms with Gasteiger partial charge in [0.1, 0.15) is 11.6 Å². The summed E-state index contributed by atoms with van der Waals surface area (Å²) in [4.78, 5) is 12.5. The average molecular weight is 415 g/mol. The zero-order valence-corrected chi connectivity index (χ0v) is 16.3. The summed E-state index contributed by atoms with van der Waals surface area (Å²) in [6.45, 7) is 5.97. The molecule has 1 amide bonds. The molecule has 2 aromatic carbocycles. The van der Waals surface area contributed by atoms with Crippen LogP contribution in [-0.4, -0.2) is 17.6 Å². The summed E-state index contributed by atoms with van der Waals surface area (Å²) in [5, 5.41) is 22.2. The van der Waals surface area contributed by atoms with Crippen molar-refractivity contribution >= 4 is 33.6 Å². The fraction of sp³-hybridized carbons (Fsp3) is 0.200. The molecule has 0 aliphatic carbocycles. The number of hydrogen-bond acceptors (Lipinski definition) is 4. The normalized spacial score (nSPS) is 11.0. The topological polar surface area (TPSA) is 82.3 Å². The molecule has 0 spiro atoms. The fourth-order valence-corrected chi connectivity index (χ4v) is 2.91. The Hall–Kier alpha value is -2.78. The molecule has 26 heavy (non-hydrogen) atoms. The van der Waals surface area contributed by atoms with Crippen molar-refractivity contribution < 1.29 is 14.6 Å². The molecule has 0 radical (unpaired) electrons. The first kappa shape index (κ1) is 19.5. The van der Waals surface area contributed by atoms with Gasteiger partial charge >= 0.3 is 0 Å². The van der Waals surface area contributed by atoms with Gasteiger partial charge in [-0.05, 0) is 71.6 Å². The van der Waals surface area contributed by atoms with Gasteiger partial charge in [-0.15, -0.1) is 0 Å². The SMILES string of the molecule is CCOc1cc(/C=C(/C#N)C(=O)Nc2c(C)cccc2C)cc(Br)c1O. The van der Waals surface area contributed by atoms with Gasteiger partial charge in [0.05, 0.1) is 11.1 Å². The maximum Gasteiger partial charge on any atom is 0.266 e. The van der Waals surface area contributed by atoms with E-state index in [0.717, 1.165) is 11.1 Å². The first-order valence-corrected chi connectivity index (χ1v) is 8.81. The van der Waals surface area contributed by atoms with Gasteiger partial charge in [-0.3, -0.25) is 4.79 Å². The molecular formula is C20H19BrN2O3. The van der Waals surface area contributed by atoms with E-state index in [1.165, 1.54) is 6.08 Å². The molecule has 0 fully saturated rings. The Labute approximate surface area is 161 Å². The van der Waals surface area contributed by atoms with E-state index in [2.05, 4.69) is 21.2 Å². The van der Waals surface area contributed by atoms with Crippen LogP contribution >= 0.6 is 15.9 Å². The van der Waals surface area contributed by atoms with Crippen LogP contribution in [0.15, 0.2) is 40.4 Å². The molecule has 0 atom stereocenters. The highest BCUT2D eigenvalue weighted by Gasteiger charge is 2.14. The Kier molecular flexibility index (Phi) is 6.42. The van der Waals surface area contributed by atoms with Gasteiger partial charge in [0.25, 0.3) is 5.91 Å². The fourth-order valence-electron chi connectivity index (χ4n) is 2.45. The number of phenolic OH excluding ortho intramolecular Hbond substituents is 1. The third-order valence-electron chi connectivity index (χ3n) is 3.75. The van der Waals surface area contributed by atoms with Crippen molar-refractivity contribution in [1.29, 1.82) is 5.26 Å². The first-order valence-electron chi connectivity index (χ1n) is 8.02.